The van der Waals surface area contributed by atoms with Gasteiger partial charge in [0.05, 0.1) is 11.8 Å². The molecule has 3 rings (SSSR count). The summed E-state index contributed by atoms with van der Waals surface area (Å²) in [5.74, 6) is 0.0917. The molecular weight excluding hydrogens is 326 g/mol. The molecule has 0 aliphatic carbocycles. The molecule has 1 aromatic carbocycles. The summed E-state index contributed by atoms with van der Waals surface area (Å²) >= 11 is 6.19. The van der Waals surface area contributed by atoms with E-state index in [4.69, 9.17) is 16.9 Å². The Kier molecular flexibility index (Phi) is 4.19. The van der Waals surface area contributed by atoms with Crippen molar-refractivity contribution < 1.29 is 5.11 Å². The quantitative estimate of drug-likeness (QED) is 0.785. The molecule has 0 aliphatic rings. The molecule has 0 saturated heterocycles. The average Bonchev–Trinajstić information content (AvgIpc) is 3.04. The van der Waals surface area contributed by atoms with E-state index in [1.807, 2.05) is 0 Å². The number of aromatic hydroxyl groups is 1. The summed E-state index contributed by atoms with van der Waals surface area (Å²) in [5.41, 5.74) is 3.26. The number of benzene rings is 1. The summed E-state index contributed by atoms with van der Waals surface area (Å²) in [6.07, 6.45) is 4.84. The molecule has 0 spiro atoms. The molecule has 0 fully saturated rings. The molecule has 120 valence electrons. The third-order valence-electron chi connectivity index (χ3n) is 3.76. The number of rotatable bonds is 3. The Morgan fingerprint density at radius 3 is 2.79 bits per heavy atom. The van der Waals surface area contributed by atoms with Crippen LogP contribution in [0, 0.1) is 18.3 Å². The lowest BCUT2D eigenvalue weighted by atomic mass is 10.0. The average molecular weight is 340 g/mol. The number of hydrogen-bond acceptors (Lipinski definition) is 5. The van der Waals surface area contributed by atoms with Gasteiger partial charge in [-0.15, -0.1) is 0 Å². The standard InChI is InChI=1S/C17H14ClN5O/c1-10(7-19)23-8-13(15-3-4-20-9-21-15)17(22-23)12-5-14(18)11(2)16(24)6-12/h3-6,8-10,24H,1-2H3. The first-order valence-corrected chi connectivity index (χ1v) is 7.63. The van der Waals surface area contributed by atoms with E-state index in [9.17, 15) is 5.11 Å². The van der Waals surface area contributed by atoms with Crippen LogP contribution in [-0.2, 0) is 0 Å². The van der Waals surface area contributed by atoms with Crippen LogP contribution in [-0.4, -0.2) is 24.9 Å². The van der Waals surface area contributed by atoms with E-state index < -0.39 is 6.04 Å². The SMILES string of the molecule is Cc1c(O)cc(-c2nn(C(C)C#N)cc2-c2ccncn2)cc1Cl. The summed E-state index contributed by atoms with van der Waals surface area (Å²) in [5, 5.41) is 24.2. The topological polar surface area (TPSA) is 87.6 Å². The van der Waals surface area contributed by atoms with Gasteiger partial charge in [-0.1, -0.05) is 11.6 Å². The largest absolute Gasteiger partial charge is 0.508 e. The highest BCUT2D eigenvalue weighted by Crippen LogP contribution is 2.36. The van der Waals surface area contributed by atoms with Gasteiger partial charge in [0, 0.05) is 34.1 Å². The number of hydrogen-bond donors (Lipinski definition) is 1. The van der Waals surface area contributed by atoms with Crippen LogP contribution in [0.15, 0.2) is 36.9 Å². The molecule has 1 unspecified atom stereocenters. The number of aromatic nitrogens is 4. The second kappa shape index (κ2) is 6.30. The van der Waals surface area contributed by atoms with Crippen LogP contribution in [0.3, 0.4) is 0 Å². The third-order valence-corrected chi connectivity index (χ3v) is 4.16. The summed E-state index contributed by atoms with van der Waals surface area (Å²) in [6, 6.07) is 6.82. The molecule has 0 bridgehead atoms. The Hall–Kier alpha value is -2.91. The van der Waals surface area contributed by atoms with E-state index in [-0.39, 0.29) is 5.75 Å². The minimum Gasteiger partial charge on any atom is -0.508 e. The zero-order chi connectivity index (χ0) is 17.3. The Balaban J connectivity index is 2.23. The van der Waals surface area contributed by atoms with E-state index in [1.165, 1.54) is 6.33 Å². The predicted molar refractivity (Wildman–Crippen MR) is 90.4 cm³/mol. The lowest BCUT2D eigenvalue weighted by Crippen LogP contribution is -2.02. The molecule has 7 heteroatoms. The first-order chi connectivity index (χ1) is 11.5. The zero-order valence-electron chi connectivity index (χ0n) is 13.1. The highest BCUT2D eigenvalue weighted by Gasteiger charge is 2.18. The first kappa shape index (κ1) is 16.0. The second-order valence-corrected chi connectivity index (χ2v) is 5.78. The van der Waals surface area contributed by atoms with Crippen LogP contribution in [0.5, 0.6) is 5.75 Å². The Bertz CT molecular complexity index is 907. The molecule has 1 atom stereocenters. The minimum atomic E-state index is -0.436. The maximum absolute atomic E-state index is 10.1. The maximum Gasteiger partial charge on any atom is 0.135 e. The van der Waals surface area contributed by atoms with Crippen molar-refractivity contribution in [3.63, 3.8) is 0 Å². The van der Waals surface area contributed by atoms with Gasteiger partial charge in [-0.2, -0.15) is 10.4 Å². The number of phenolic OH excluding ortho intramolecular Hbond substituents is 1. The van der Waals surface area contributed by atoms with Gasteiger partial charge in [-0.25, -0.2) is 9.97 Å². The van der Waals surface area contributed by atoms with Crippen LogP contribution in [0.4, 0.5) is 0 Å². The van der Waals surface area contributed by atoms with Crippen molar-refractivity contribution in [3.8, 4) is 34.3 Å². The first-order valence-electron chi connectivity index (χ1n) is 7.26. The molecule has 6 nitrogen and oxygen atoms in total. The fraction of sp³-hybridized carbons (Fsp3) is 0.176. The van der Waals surface area contributed by atoms with E-state index in [0.29, 0.717) is 27.5 Å². The molecule has 24 heavy (non-hydrogen) atoms. The third kappa shape index (κ3) is 2.82. The highest BCUT2D eigenvalue weighted by molar-refractivity contribution is 6.31. The molecule has 2 heterocycles. The van der Waals surface area contributed by atoms with Crippen molar-refractivity contribution in [2.24, 2.45) is 0 Å². The van der Waals surface area contributed by atoms with Crippen molar-refractivity contribution >= 4 is 11.6 Å². The fourth-order valence-corrected chi connectivity index (χ4v) is 2.52. The second-order valence-electron chi connectivity index (χ2n) is 5.37. The zero-order valence-corrected chi connectivity index (χ0v) is 13.9. The Morgan fingerprint density at radius 2 is 2.17 bits per heavy atom. The van der Waals surface area contributed by atoms with E-state index in [0.717, 1.165) is 5.56 Å². The van der Waals surface area contributed by atoms with Crippen LogP contribution < -0.4 is 0 Å². The molecule has 3 aromatic rings. The minimum absolute atomic E-state index is 0.0917. The smallest absolute Gasteiger partial charge is 0.135 e. The number of phenols is 1. The van der Waals surface area contributed by atoms with Gasteiger partial charge in [0.25, 0.3) is 0 Å². The Morgan fingerprint density at radius 1 is 1.38 bits per heavy atom. The van der Waals surface area contributed by atoms with E-state index >= 15 is 0 Å². The summed E-state index contributed by atoms with van der Waals surface area (Å²) in [4.78, 5) is 8.17. The molecule has 2 aromatic heterocycles. The number of nitriles is 1. The number of halogens is 1. The van der Waals surface area contributed by atoms with Gasteiger partial charge in [0.15, 0.2) is 0 Å². The summed E-state index contributed by atoms with van der Waals surface area (Å²) in [6.45, 7) is 3.49. The van der Waals surface area contributed by atoms with E-state index in [2.05, 4.69) is 21.1 Å². The normalized spacial score (nSPS) is 11.9. The lowest BCUT2D eigenvalue weighted by molar-refractivity contribution is 0.471. The molecular formula is C17H14ClN5O. The van der Waals surface area contributed by atoms with Crippen molar-refractivity contribution in [3.05, 3.63) is 47.5 Å². The van der Waals surface area contributed by atoms with Crippen LogP contribution in [0.25, 0.3) is 22.5 Å². The fourth-order valence-electron chi connectivity index (χ4n) is 2.30. The van der Waals surface area contributed by atoms with Gasteiger partial charge in [-0.3, -0.25) is 4.68 Å². The summed E-state index contributed by atoms with van der Waals surface area (Å²) < 4.78 is 1.57. The molecule has 0 saturated carbocycles. The van der Waals surface area contributed by atoms with Crippen molar-refractivity contribution in [1.29, 1.82) is 5.26 Å². The molecule has 1 N–H and O–H groups in total. The molecule has 0 radical (unpaired) electrons. The van der Waals surface area contributed by atoms with Gasteiger partial charge in [-0.05, 0) is 32.0 Å². The van der Waals surface area contributed by atoms with Gasteiger partial charge < -0.3 is 5.11 Å². The van der Waals surface area contributed by atoms with Gasteiger partial charge in [0.1, 0.15) is 23.8 Å². The maximum atomic E-state index is 10.1. The van der Waals surface area contributed by atoms with Crippen molar-refractivity contribution in [2.45, 2.75) is 19.9 Å². The van der Waals surface area contributed by atoms with E-state index in [1.54, 1.807) is 49.1 Å². The monoisotopic (exact) mass is 339 g/mol. The molecule has 0 amide bonds. The Labute approximate surface area is 144 Å². The van der Waals surface area contributed by atoms with Crippen LogP contribution in [0.2, 0.25) is 5.02 Å². The van der Waals surface area contributed by atoms with Crippen LogP contribution in [0.1, 0.15) is 18.5 Å². The van der Waals surface area contributed by atoms with Gasteiger partial charge in [0.2, 0.25) is 0 Å². The van der Waals surface area contributed by atoms with Crippen LogP contribution >= 0.6 is 11.6 Å². The predicted octanol–water partition coefficient (Wildman–Crippen LogP) is 3.76. The molecule has 0 aliphatic heterocycles. The highest BCUT2D eigenvalue weighted by atomic mass is 35.5. The summed E-state index contributed by atoms with van der Waals surface area (Å²) in [7, 11) is 0. The van der Waals surface area contributed by atoms with Crippen molar-refractivity contribution in [1.82, 2.24) is 19.7 Å². The lowest BCUT2D eigenvalue weighted by Gasteiger charge is -2.07. The van der Waals surface area contributed by atoms with Crippen molar-refractivity contribution in [2.75, 3.05) is 0 Å². The van der Waals surface area contributed by atoms with Gasteiger partial charge >= 0.3 is 0 Å². The number of nitrogens with zero attached hydrogens (tertiary/aromatic N) is 5.